The second kappa shape index (κ2) is 9.91. The molecule has 3 aromatic carbocycles. The first-order valence-corrected chi connectivity index (χ1v) is 11.9. The predicted molar refractivity (Wildman–Crippen MR) is 143 cm³/mol. The van der Waals surface area contributed by atoms with Gasteiger partial charge in [-0.25, -0.2) is 0 Å². The van der Waals surface area contributed by atoms with Crippen LogP contribution < -0.4 is 19.7 Å². The number of anilines is 1. The van der Waals surface area contributed by atoms with Gasteiger partial charge in [0.25, 0.3) is 23.6 Å². The zero-order valence-corrected chi connectivity index (χ0v) is 21.2. The fourth-order valence-corrected chi connectivity index (χ4v) is 4.64. The number of carbonyl (C=O) groups is 4. The van der Waals surface area contributed by atoms with E-state index in [9.17, 15) is 19.2 Å². The molecule has 2 aliphatic heterocycles. The highest BCUT2D eigenvalue weighted by Gasteiger charge is 2.36. The molecule has 0 atom stereocenters. The van der Waals surface area contributed by atoms with Gasteiger partial charge in [0.05, 0.1) is 37.6 Å². The average molecular weight is 528 g/mol. The van der Waals surface area contributed by atoms with Crippen molar-refractivity contribution < 1.29 is 28.7 Å². The van der Waals surface area contributed by atoms with Crippen LogP contribution in [0.1, 0.15) is 31.8 Å². The maximum atomic E-state index is 13.4. The lowest BCUT2D eigenvalue weighted by atomic mass is 10.0. The van der Waals surface area contributed by atoms with Crippen molar-refractivity contribution in [3.05, 3.63) is 94.6 Å². The molecule has 1 N–H and O–H groups in total. The van der Waals surface area contributed by atoms with E-state index >= 15 is 0 Å². The number of methoxy groups -OCH3 is 2. The minimum atomic E-state index is -0.637. The Hall–Kier alpha value is -4.83. The van der Waals surface area contributed by atoms with E-state index in [0.717, 1.165) is 4.90 Å². The van der Waals surface area contributed by atoms with Gasteiger partial charge in [0, 0.05) is 5.56 Å². The van der Waals surface area contributed by atoms with Crippen LogP contribution in [-0.2, 0) is 16.1 Å². The minimum Gasteiger partial charge on any atom is -0.497 e. The molecule has 0 aromatic heterocycles. The molecular weight excluding hydrogens is 506 g/mol. The fraction of sp³-hybridized carbons (Fsp3) is 0.107. The Bertz CT molecular complexity index is 1510. The molecule has 2 heterocycles. The number of fused-ring (bicyclic) bond motifs is 1. The Balaban J connectivity index is 1.46. The SMILES string of the molecule is COc1ccc(N2C(=O)/C(=C\c3ccc(OC)c(CN4C(=O)c5ccccc5C4=O)c3)C(=O)NC2=S)cc1. The van der Waals surface area contributed by atoms with E-state index in [1.165, 1.54) is 25.2 Å². The largest absolute Gasteiger partial charge is 0.497 e. The Morgan fingerprint density at radius 1 is 0.842 bits per heavy atom. The molecule has 190 valence electrons. The van der Waals surface area contributed by atoms with Gasteiger partial charge in [-0.1, -0.05) is 18.2 Å². The molecule has 1 fully saturated rings. The number of nitrogens with one attached hydrogen (secondary N) is 1. The summed E-state index contributed by atoms with van der Waals surface area (Å²) in [5, 5.41) is 2.51. The zero-order valence-electron chi connectivity index (χ0n) is 20.4. The van der Waals surface area contributed by atoms with Crippen molar-refractivity contribution in [1.29, 1.82) is 0 Å². The number of rotatable bonds is 6. The molecule has 0 unspecified atom stereocenters. The Morgan fingerprint density at radius 3 is 2.11 bits per heavy atom. The first-order valence-electron chi connectivity index (χ1n) is 11.5. The highest BCUT2D eigenvalue weighted by atomic mass is 32.1. The topological polar surface area (TPSA) is 105 Å². The summed E-state index contributed by atoms with van der Waals surface area (Å²) in [7, 11) is 3.01. The molecule has 5 rings (SSSR count). The van der Waals surface area contributed by atoms with Crippen molar-refractivity contribution in [1.82, 2.24) is 10.2 Å². The van der Waals surface area contributed by atoms with Crippen LogP contribution in [0, 0.1) is 0 Å². The molecule has 38 heavy (non-hydrogen) atoms. The molecule has 10 heteroatoms. The van der Waals surface area contributed by atoms with Gasteiger partial charge in [-0.05, 0) is 72.4 Å². The lowest BCUT2D eigenvalue weighted by Gasteiger charge is -2.29. The Kier molecular flexibility index (Phi) is 6.48. The van der Waals surface area contributed by atoms with E-state index in [2.05, 4.69) is 5.32 Å². The summed E-state index contributed by atoms with van der Waals surface area (Å²) in [4.78, 5) is 54.2. The van der Waals surface area contributed by atoms with Gasteiger partial charge in [0.2, 0.25) is 0 Å². The lowest BCUT2D eigenvalue weighted by Crippen LogP contribution is -2.54. The summed E-state index contributed by atoms with van der Waals surface area (Å²) in [6.07, 6.45) is 1.43. The zero-order chi connectivity index (χ0) is 27.0. The van der Waals surface area contributed by atoms with Crippen LogP contribution in [0.5, 0.6) is 11.5 Å². The van der Waals surface area contributed by atoms with Crippen molar-refractivity contribution >= 4 is 52.7 Å². The van der Waals surface area contributed by atoms with Gasteiger partial charge in [-0.3, -0.25) is 34.3 Å². The van der Waals surface area contributed by atoms with Crippen LogP contribution >= 0.6 is 12.2 Å². The van der Waals surface area contributed by atoms with Crippen LogP contribution in [0.2, 0.25) is 0 Å². The maximum absolute atomic E-state index is 13.4. The number of benzene rings is 3. The number of carbonyl (C=O) groups excluding carboxylic acids is 4. The van der Waals surface area contributed by atoms with Crippen LogP contribution in [0.15, 0.2) is 72.3 Å². The fourth-order valence-electron chi connectivity index (χ4n) is 4.35. The molecule has 0 radical (unpaired) electrons. The molecule has 4 amide bonds. The Labute approximate surface area is 223 Å². The van der Waals surface area contributed by atoms with Crippen molar-refractivity contribution in [2.45, 2.75) is 6.54 Å². The Morgan fingerprint density at radius 2 is 1.50 bits per heavy atom. The van der Waals surface area contributed by atoms with Crippen LogP contribution in [0.25, 0.3) is 6.08 Å². The smallest absolute Gasteiger partial charge is 0.270 e. The molecule has 2 aliphatic rings. The third kappa shape index (κ3) is 4.31. The number of thiocarbonyl (C=S) groups is 1. The summed E-state index contributed by atoms with van der Waals surface area (Å²) in [6, 6.07) is 18.3. The number of hydrogen-bond donors (Lipinski definition) is 1. The van der Waals surface area contributed by atoms with Gasteiger partial charge in [-0.15, -0.1) is 0 Å². The van der Waals surface area contributed by atoms with Gasteiger partial charge in [-0.2, -0.15) is 0 Å². The third-order valence-electron chi connectivity index (χ3n) is 6.25. The van der Waals surface area contributed by atoms with Gasteiger partial charge < -0.3 is 9.47 Å². The van der Waals surface area contributed by atoms with Crippen LogP contribution in [0.3, 0.4) is 0 Å². The van der Waals surface area contributed by atoms with E-state index in [1.807, 2.05) is 0 Å². The summed E-state index contributed by atoms with van der Waals surface area (Å²) in [5.41, 5.74) is 2.04. The second-order valence-electron chi connectivity index (χ2n) is 8.47. The molecular formula is C28H21N3O6S. The van der Waals surface area contributed by atoms with Crippen molar-refractivity contribution in [3.8, 4) is 11.5 Å². The number of imide groups is 1. The molecule has 0 bridgehead atoms. The van der Waals surface area contributed by atoms with Crippen molar-refractivity contribution in [3.63, 3.8) is 0 Å². The first-order chi connectivity index (χ1) is 18.3. The van der Waals surface area contributed by atoms with Crippen molar-refractivity contribution in [2.75, 3.05) is 19.1 Å². The highest BCUT2D eigenvalue weighted by molar-refractivity contribution is 7.80. The van der Waals surface area contributed by atoms with Gasteiger partial charge >= 0.3 is 0 Å². The predicted octanol–water partition coefficient (Wildman–Crippen LogP) is 3.33. The summed E-state index contributed by atoms with van der Waals surface area (Å²) in [5.74, 6) is -0.982. The van der Waals surface area contributed by atoms with E-state index in [-0.39, 0.29) is 17.2 Å². The van der Waals surface area contributed by atoms with Crippen molar-refractivity contribution in [2.24, 2.45) is 0 Å². The molecule has 1 saturated heterocycles. The monoisotopic (exact) mass is 527 g/mol. The minimum absolute atomic E-state index is 0.0386. The van der Waals surface area contributed by atoms with Crippen LogP contribution in [0.4, 0.5) is 5.69 Å². The number of ether oxygens (including phenoxy) is 2. The summed E-state index contributed by atoms with van der Waals surface area (Å²) < 4.78 is 10.6. The molecule has 3 aromatic rings. The first kappa shape index (κ1) is 24.8. The molecule has 9 nitrogen and oxygen atoms in total. The number of nitrogens with zero attached hydrogens (tertiary/aromatic N) is 2. The summed E-state index contributed by atoms with van der Waals surface area (Å²) >= 11 is 5.26. The normalized spacial score (nSPS) is 16.2. The van der Waals surface area contributed by atoms with Crippen LogP contribution in [-0.4, -0.2) is 47.9 Å². The van der Waals surface area contributed by atoms with E-state index < -0.39 is 23.6 Å². The van der Waals surface area contributed by atoms with E-state index in [4.69, 9.17) is 21.7 Å². The number of amides is 4. The summed E-state index contributed by atoms with van der Waals surface area (Å²) in [6.45, 7) is -0.0469. The molecule has 0 spiro atoms. The maximum Gasteiger partial charge on any atom is 0.270 e. The molecule has 0 aliphatic carbocycles. The van der Waals surface area contributed by atoms with Gasteiger partial charge in [0.1, 0.15) is 17.1 Å². The standard InChI is InChI=1S/C28H21N3O6S/c1-36-19-10-8-18(9-11-19)31-27(35)22(24(32)29-28(31)38)14-16-7-12-23(37-2)17(13-16)15-30-25(33)20-5-3-4-6-21(20)26(30)34/h3-14H,15H2,1-2H3,(H,29,32,38)/b22-14-. The van der Waals surface area contributed by atoms with E-state index in [1.54, 1.807) is 66.7 Å². The molecule has 0 saturated carbocycles. The van der Waals surface area contributed by atoms with Gasteiger partial charge in [0.15, 0.2) is 5.11 Å². The lowest BCUT2D eigenvalue weighted by molar-refractivity contribution is -0.122. The third-order valence-corrected chi connectivity index (χ3v) is 6.54. The average Bonchev–Trinajstić information content (AvgIpc) is 3.16. The highest BCUT2D eigenvalue weighted by Crippen LogP contribution is 2.29. The second-order valence-corrected chi connectivity index (χ2v) is 8.86. The number of hydrogen-bond acceptors (Lipinski definition) is 7. The quantitative estimate of drug-likeness (QED) is 0.227. The van der Waals surface area contributed by atoms with E-state index in [0.29, 0.717) is 39.4 Å².